The second-order valence-electron chi connectivity index (χ2n) is 4.15. The number of halogens is 2. The molecule has 0 unspecified atom stereocenters. The van der Waals surface area contributed by atoms with Crippen LogP contribution in [0.3, 0.4) is 0 Å². The van der Waals surface area contributed by atoms with E-state index in [-0.39, 0.29) is 15.5 Å². The number of rotatable bonds is 4. The molecule has 0 N–H and O–H groups in total. The van der Waals surface area contributed by atoms with E-state index in [9.17, 15) is 17.6 Å². The van der Waals surface area contributed by atoms with Gasteiger partial charge in [0.1, 0.15) is 11.6 Å². The van der Waals surface area contributed by atoms with Gasteiger partial charge in [0.25, 0.3) is 0 Å². The summed E-state index contributed by atoms with van der Waals surface area (Å²) in [4.78, 5) is 11.9. The topological polar surface area (TPSA) is 51.2 Å². The Balaban J connectivity index is 2.24. The number of Topliss-reactive ketones (excluding diaryl/α,β-unsaturated/α-hetero) is 1. The second-order valence-corrected chi connectivity index (χ2v) is 6.57. The average Bonchev–Trinajstić information content (AvgIpc) is 2.39. The maximum absolute atomic E-state index is 12.8. The molecule has 0 heterocycles. The van der Waals surface area contributed by atoms with E-state index in [0.29, 0.717) is 0 Å². The smallest absolute Gasteiger partial charge is 0.185 e. The van der Waals surface area contributed by atoms with Gasteiger partial charge in [-0.25, -0.2) is 12.8 Å². The van der Waals surface area contributed by atoms with Crippen LogP contribution in [0.5, 0.6) is 0 Å². The molecule has 0 aliphatic rings. The summed E-state index contributed by atoms with van der Waals surface area (Å²) >= 11 is 5.73. The van der Waals surface area contributed by atoms with Crippen molar-refractivity contribution in [1.82, 2.24) is 0 Å². The lowest BCUT2D eigenvalue weighted by atomic mass is 10.1. The first-order valence-corrected chi connectivity index (χ1v) is 7.68. The van der Waals surface area contributed by atoms with Crippen LogP contribution in [0.1, 0.15) is 10.4 Å². The van der Waals surface area contributed by atoms with Gasteiger partial charge < -0.3 is 0 Å². The molecule has 0 aliphatic carbocycles. The molecule has 0 aliphatic heterocycles. The van der Waals surface area contributed by atoms with Crippen molar-refractivity contribution < 1.29 is 17.6 Å². The summed E-state index contributed by atoms with van der Waals surface area (Å²) in [5.74, 6) is -1.76. The first-order valence-electron chi connectivity index (χ1n) is 5.65. The Morgan fingerprint density at radius 1 is 1.10 bits per heavy atom. The zero-order valence-corrected chi connectivity index (χ0v) is 11.8. The third-order valence-corrected chi connectivity index (χ3v) is 4.49. The van der Waals surface area contributed by atoms with Crippen LogP contribution in [-0.2, 0) is 9.84 Å². The third-order valence-electron chi connectivity index (χ3n) is 2.64. The zero-order chi connectivity index (χ0) is 14.8. The van der Waals surface area contributed by atoms with Gasteiger partial charge in [-0.2, -0.15) is 0 Å². The molecule has 2 aromatic rings. The number of benzene rings is 2. The molecule has 3 nitrogen and oxygen atoms in total. The van der Waals surface area contributed by atoms with Gasteiger partial charge in [0.05, 0.1) is 4.90 Å². The fourth-order valence-corrected chi connectivity index (χ4v) is 3.16. The molecular weight excluding hydrogens is 303 g/mol. The largest absolute Gasteiger partial charge is 0.293 e. The normalized spacial score (nSPS) is 11.3. The van der Waals surface area contributed by atoms with E-state index in [1.54, 1.807) is 6.07 Å². The Labute approximate surface area is 120 Å². The van der Waals surface area contributed by atoms with Gasteiger partial charge in [-0.05, 0) is 42.5 Å². The second kappa shape index (κ2) is 5.73. The molecule has 0 saturated heterocycles. The Bertz CT molecular complexity index is 739. The molecule has 0 spiro atoms. The van der Waals surface area contributed by atoms with Gasteiger partial charge in [0.15, 0.2) is 15.6 Å². The number of hydrogen-bond acceptors (Lipinski definition) is 3. The molecule has 0 radical (unpaired) electrons. The molecule has 0 saturated carbocycles. The number of carbonyl (C=O) groups is 1. The number of hydrogen-bond donors (Lipinski definition) is 0. The molecule has 0 fully saturated rings. The summed E-state index contributed by atoms with van der Waals surface area (Å²) in [5.41, 5.74) is 0.150. The Morgan fingerprint density at radius 2 is 1.75 bits per heavy atom. The van der Waals surface area contributed by atoms with E-state index in [1.165, 1.54) is 30.3 Å². The van der Waals surface area contributed by atoms with Gasteiger partial charge >= 0.3 is 0 Å². The van der Waals surface area contributed by atoms with Crippen molar-refractivity contribution in [3.63, 3.8) is 0 Å². The van der Waals surface area contributed by atoms with Crippen LogP contribution in [0, 0.1) is 5.82 Å². The summed E-state index contributed by atoms with van der Waals surface area (Å²) in [5, 5.41) is 0.278. The van der Waals surface area contributed by atoms with E-state index in [2.05, 4.69) is 0 Å². The predicted molar refractivity (Wildman–Crippen MR) is 74.2 cm³/mol. The highest BCUT2D eigenvalue weighted by Gasteiger charge is 2.20. The molecule has 6 heteroatoms. The summed E-state index contributed by atoms with van der Waals surface area (Å²) < 4.78 is 36.9. The third kappa shape index (κ3) is 3.43. The minimum atomic E-state index is -3.77. The van der Waals surface area contributed by atoms with Gasteiger partial charge in [0.2, 0.25) is 0 Å². The van der Waals surface area contributed by atoms with Crippen LogP contribution in [-0.4, -0.2) is 20.0 Å². The summed E-state index contributed by atoms with van der Waals surface area (Å²) in [6, 6.07) is 10.4. The molecule has 2 rings (SSSR count). The minimum absolute atomic E-state index is 0.0135. The SMILES string of the molecule is O=C(CS(=O)(=O)c1cccc(Cl)c1)c1ccc(F)cc1. The van der Waals surface area contributed by atoms with Crippen LogP contribution < -0.4 is 0 Å². The van der Waals surface area contributed by atoms with Crippen LogP contribution in [0.2, 0.25) is 5.02 Å². The van der Waals surface area contributed by atoms with Gasteiger partial charge in [-0.3, -0.25) is 4.79 Å². The van der Waals surface area contributed by atoms with Crippen molar-refractivity contribution in [3.05, 3.63) is 64.9 Å². The molecule has 20 heavy (non-hydrogen) atoms. The quantitative estimate of drug-likeness (QED) is 0.815. The summed E-state index contributed by atoms with van der Waals surface area (Å²) in [6.07, 6.45) is 0. The van der Waals surface area contributed by atoms with Crippen molar-refractivity contribution in [2.75, 3.05) is 5.75 Å². The first-order chi connectivity index (χ1) is 9.38. The lowest BCUT2D eigenvalue weighted by Crippen LogP contribution is -2.16. The maximum Gasteiger partial charge on any atom is 0.185 e. The molecular formula is C14H10ClFO3S. The van der Waals surface area contributed by atoms with E-state index >= 15 is 0 Å². The standard InChI is InChI=1S/C14H10ClFO3S/c15-11-2-1-3-13(8-11)20(18,19)9-14(17)10-4-6-12(16)7-5-10/h1-8H,9H2. The number of sulfone groups is 1. The van der Waals surface area contributed by atoms with Gasteiger partial charge in [0, 0.05) is 10.6 Å². The van der Waals surface area contributed by atoms with Gasteiger partial charge in [-0.1, -0.05) is 17.7 Å². The summed E-state index contributed by atoms with van der Waals surface area (Å²) in [7, 11) is -3.77. The number of carbonyl (C=O) groups excluding carboxylic acids is 1. The maximum atomic E-state index is 12.8. The van der Waals surface area contributed by atoms with Crippen LogP contribution in [0.15, 0.2) is 53.4 Å². The van der Waals surface area contributed by atoms with Crippen LogP contribution >= 0.6 is 11.6 Å². The molecule has 104 valence electrons. The van der Waals surface area contributed by atoms with Crippen molar-refractivity contribution >= 4 is 27.2 Å². The highest BCUT2D eigenvalue weighted by molar-refractivity contribution is 7.92. The summed E-state index contributed by atoms with van der Waals surface area (Å²) in [6.45, 7) is 0. The molecule has 2 aromatic carbocycles. The van der Waals surface area contributed by atoms with Crippen molar-refractivity contribution in [2.24, 2.45) is 0 Å². The Kier molecular flexibility index (Phi) is 4.20. The van der Waals surface area contributed by atoms with Crippen molar-refractivity contribution in [3.8, 4) is 0 Å². The van der Waals surface area contributed by atoms with E-state index in [1.807, 2.05) is 0 Å². The fraction of sp³-hybridized carbons (Fsp3) is 0.0714. The lowest BCUT2D eigenvalue weighted by molar-refractivity contribution is 0.102. The van der Waals surface area contributed by atoms with E-state index in [4.69, 9.17) is 11.6 Å². The van der Waals surface area contributed by atoms with Crippen molar-refractivity contribution in [2.45, 2.75) is 4.90 Å². The molecule has 0 amide bonds. The van der Waals surface area contributed by atoms with Crippen LogP contribution in [0.4, 0.5) is 4.39 Å². The highest BCUT2D eigenvalue weighted by atomic mass is 35.5. The first kappa shape index (κ1) is 14.7. The predicted octanol–water partition coefficient (Wildman–Crippen LogP) is 3.14. The Hall–Kier alpha value is -1.72. The van der Waals surface area contributed by atoms with Gasteiger partial charge in [-0.15, -0.1) is 0 Å². The monoisotopic (exact) mass is 312 g/mol. The Morgan fingerprint density at radius 3 is 2.35 bits per heavy atom. The van der Waals surface area contributed by atoms with Crippen LogP contribution in [0.25, 0.3) is 0 Å². The van der Waals surface area contributed by atoms with E-state index in [0.717, 1.165) is 12.1 Å². The minimum Gasteiger partial charge on any atom is -0.293 e. The van der Waals surface area contributed by atoms with Crippen molar-refractivity contribution in [1.29, 1.82) is 0 Å². The average molecular weight is 313 g/mol. The lowest BCUT2D eigenvalue weighted by Gasteiger charge is -2.04. The molecule has 0 bridgehead atoms. The zero-order valence-electron chi connectivity index (χ0n) is 10.2. The fourth-order valence-electron chi connectivity index (χ4n) is 1.64. The highest BCUT2D eigenvalue weighted by Crippen LogP contribution is 2.18. The molecule has 0 aromatic heterocycles. The van der Waals surface area contributed by atoms with E-state index < -0.39 is 27.2 Å². The molecule has 0 atom stereocenters. The number of ketones is 1.